The normalized spacial score (nSPS) is 10.4. The quantitative estimate of drug-likeness (QED) is 0.651. The molecule has 0 spiro atoms. The maximum absolute atomic E-state index is 11.9. The first-order chi connectivity index (χ1) is 9.15. The van der Waals surface area contributed by atoms with Gasteiger partial charge in [-0.1, -0.05) is 35.9 Å². The first-order valence-electron chi connectivity index (χ1n) is 5.99. The molecule has 0 unspecified atom stereocenters. The molecule has 4 heteroatoms. The Kier molecular flexibility index (Phi) is 4.55. The molecule has 0 aliphatic rings. The van der Waals surface area contributed by atoms with Gasteiger partial charge < -0.3 is 11.1 Å². The van der Waals surface area contributed by atoms with Gasteiger partial charge in [0.1, 0.15) is 0 Å². The molecule has 2 rings (SSSR count). The van der Waals surface area contributed by atoms with Gasteiger partial charge in [-0.2, -0.15) is 0 Å². The summed E-state index contributed by atoms with van der Waals surface area (Å²) >= 11 is 5.80. The molecule has 98 valence electrons. The lowest BCUT2D eigenvalue weighted by atomic mass is 10.1. The highest BCUT2D eigenvalue weighted by Crippen LogP contribution is 2.09. The van der Waals surface area contributed by atoms with Gasteiger partial charge in [0.15, 0.2) is 5.78 Å². The highest BCUT2D eigenvalue weighted by Gasteiger charge is 2.05. The summed E-state index contributed by atoms with van der Waals surface area (Å²) in [5.74, 6) is 0.0289. The van der Waals surface area contributed by atoms with Gasteiger partial charge in [-0.3, -0.25) is 4.79 Å². The molecule has 3 nitrogen and oxygen atoms in total. The Bertz CT molecular complexity index is 567. The van der Waals surface area contributed by atoms with E-state index in [-0.39, 0.29) is 12.3 Å². The van der Waals surface area contributed by atoms with Crippen LogP contribution in [0.3, 0.4) is 0 Å². The highest BCUT2D eigenvalue weighted by molar-refractivity contribution is 6.30. The van der Waals surface area contributed by atoms with Gasteiger partial charge in [0.2, 0.25) is 0 Å². The molecule has 0 fully saturated rings. The first kappa shape index (κ1) is 13.6. The van der Waals surface area contributed by atoms with Crippen molar-refractivity contribution in [3.05, 3.63) is 64.7 Å². The van der Waals surface area contributed by atoms with E-state index in [1.807, 2.05) is 24.3 Å². The Morgan fingerprint density at radius 2 is 1.89 bits per heavy atom. The number of carbonyl (C=O) groups is 1. The number of nitrogens with two attached hydrogens (primary N) is 1. The summed E-state index contributed by atoms with van der Waals surface area (Å²) in [5, 5.41) is 3.81. The number of anilines is 1. The second kappa shape index (κ2) is 6.36. The van der Waals surface area contributed by atoms with Crippen LogP contribution in [0.15, 0.2) is 48.5 Å². The van der Waals surface area contributed by atoms with E-state index in [4.69, 9.17) is 17.3 Å². The summed E-state index contributed by atoms with van der Waals surface area (Å²) in [4.78, 5) is 11.9. The van der Waals surface area contributed by atoms with Gasteiger partial charge in [0.25, 0.3) is 0 Å². The Morgan fingerprint density at radius 3 is 2.58 bits per heavy atom. The highest BCUT2D eigenvalue weighted by atomic mass is 35.5. The predicted octanol–water partition coefficient (Wildman–Crippen LogP) is 2.89. The minimum absolute atomic E-state index is 0.0289. The minimum Gasteiger partial charge on any atom is -0.399 e. The van der Waals surface area contributed by atoms with Crippen LogP contribution in [-0.4, -0.2) is 12.3 Å². The molecule has 0 bridgehead atoms. The molecule has 0 saturated heterocycles. The summed E-state index contributed by atoms with van der Waals surface area (Å²) < 4.78 is 0. The summed E-state index contributed by atoms with van der Waals surface area (Å²) in [5.41, 5.74) is 7.96. The van der Waals surface area contributed by atoms with Gasteiger partial charge in [0, 0.05) is 22.8 Å². The Labute approximate surface area is 117 Å². The Morgan fingerprint density at radius 1 is 1.16 bits per heavy atom. The van der Waals surface area contributed by atoms with Crippen LogP contribution in [-0.2, 0) is 6.54 Å². The standard InChI is InChI=1S/C15H15ClN2O/c16-13-6-4-11(5-7-13)9-18-10-15(19)12-2-1-3-14(17)8-12/h1-8,18H,9-10,17H2. The SMILES string of the molecule is Nc1cccc(C(=O)CNCc2ccc(Cl)cc2)c1. The smallest absolute Gasteiger partial charge is 0.176 e. The van der Waals surface area contributed by atoms with E-state index in [0.29, 0.717) is 22.8 Å². The van der Waals surface area contributed by atoms with E-state index in [1.54, 1.807) is 24.3 Å². The van der Waals surface area contributed by atoms with Crippen LogP contribution in [0.2, 0.25) is 5.02 Å². The molecule has 19 heavy (non-hydrogen) atoms. The molecule has 0 aliphatic heterocycles. The topological polar surface area (TPSA) is 55.1 Å². The number of nitrogen functional groups attached to an aromatic ring is 1. The van der Waals surface area contributed by atoms with E-state index in [2.05, 4.69) is 5.32 Å². The Hall–Kier alpha value is -1.84. The zero-order valence-electron chi connectivity index (χ0n) is 10.4. The number of nitrogens with one attached hydrogen (secondary N) is 1. The van der Waals surface area contributed by atoms with E-state index < -0.39 is 0 Å². The predicted molar refractivity (Wildman–Crippen MR) is 78.3 cm³/mol. The van der Waals surface area contributed by atoms with Crippen molar-refractivity contribution in [1.82, 2.24) is 5.32 Å². The lowest BCUT2D eigenvalue weighted by molar-refractivity contribution is 0.0991. The molecule has 0 saturated carbocycles. The molecular weight excluding hydrogens is 260 g/mol. The maximum atomic E-state index is 11.9. The third kappa shape index (κ3) is 4.09. The van der Waals surface area contributed by atoms with Crippen LogP contribution in [0.25, 0.3) is 0 Å². The number of carbonyl (C=O) groups excluding carboxylic acids is 1. The van der Waals surface area contributed by atoms with Crippen LogP contribution < -0.4 is 11.1 Å². The number of ketones is 1. The van der Waals surface area contributed by atoms with Crippen LogP contribution in [0.4, 0.5) is 5.69 Å². The molecule has 0 aliphatic carbocycles. The van der Waals surface area contributed by atoms with Gasteiger partial charge in [-0.25, -0.2) is 0 Å². The van der Waals surface area contributed by atoms with Crippen molar-refractivity contribution in [2.75, 3.05) is 12.3 Å². The zero-order valence-corrected chi connectivity index (χ0v) is 11.2. The second-order valence-corrected chi connectivity index (χ2v) is 4.72. The third-order valence-electron chi connectivity index (χ3n) is 2.74. The molecule has 0 radical (unpaired) electrons. The molecule has 0 heterocycles. The fourth-order valence-corrected chi connectivity index (χ4v) is 1.86. The summed E-state index contributed by atoms with van der Waals surface area (Å²) in [7, 11) is 0. The number of Topliss-reactive ketones (excluding diaryl/α,β-unsaturated/α-hetero) is 1. The fourth-order valence-electron chi connectivity index (χ4n) is 1.74. The van der Waals surface area contributed by atoms with Gasteiger partial charge in [-0.05, 0) is 29.8 Å². The van der Waals surface area contributed by atoms with Gasteiger partial charge in [0.05, 0.1) is 6.54 Å². The van der Waals surface area contributed by atoms with Crippen molar-refractivity contribution in [2.45, 2.75) is 6.54 Å². The number of hydrogen-bond donors (Lipinski definition) is 2. The largest absolute Gasteiger partial charge is 0.399 e. The summed E-state index contributed by atoms with van der Waals surface area (Å²) in [6, 6.07) is 14.5. The van der Waals surface area contributed by atoms with Crippen LogP contribution in [0, 0.1) is 0 Å². The molecule has 0 amide bonds. The maximum Gasteiger partial charge on any atom is 0.176 e. The van der Waals surface area contributed by atoms with Gasteiger partial charge >= 0.3 is 0 Å². The number of benzene rings is 2. The van der Waals surface area contributed by atoms with Gasteiger partial charge in [-0.15, -0.1) is 0 Å². The molecule has 2 aromatic carbocycles. The fraction of sp³-hybridized carbons (Fsp3) is 0.133. The van der Waals surface area contributed by atoms with Crippen molar-refractivity contribution in [2.24, 2.45) is 0 Å². The zero-order chi connectivity index (χ0) is 13.7. The van der Waals surface area contributed by atoms with Crippen LogP contribution in [0.1, 0.15) is 15.9 Å². The minimum atomic E-state index is 0.0289. The van der Waals surface area contributed by atoms with Crippen molar-refractivity contribution < 1.29 is 4.79 Å². The number of rotatable bonds is 5. The first-order valence-corrected chi connectivity index (χ1v) is 6.37. The van der Waals surface area contributed by atoms with E-state index in [1.165, 1.54) is 0 Å². The monoisotopic (exact) mass is 274 g/mol. The van der Waals surface area contributed by atoms with E-state index in [9.17, 15) is 4.79 Å². The lowest BCUT2D eigenvalue weighted by Gasteiger charge is -2.05. The lowest BCUT2D eigenvalue weighted by Crippen LogP contribution is -2.22. The van der Waals surface area contributed by atoms with Crippen LogP contribution in [0.5, 0.6) is 0 Å². The van der Waals surface area contributed by atoms with Crippen molar-refractivity contribution in [3.63, 3.8) is 0 Å². The summed E-state index contributed by atoms with van der Waals surface area (Å²) in [6.07, 6.45) is 0. The van der Waals surface area contributed by atoms with E-state index >= 15 is 0 Å². The molecule has 3 N–H and O–H groups in total. The molecule has 0 atom stereocenters. The third-order valence-corrected chi connectivity index (χ3v) is 2.99. The van der Waals surface area contributed by atoms with Crippen LogP contribution >= 0.6 is 11.6 Å². The molecular formula is C15H15ClN2O. The average Bonchev–Trinajstić information content (AvgIpc) is 2.41. The van der Waals surface area contributed by atoms with E-state index in [0.717, 1.165) is 5.56 Å². The van der Waals surface area contributed by atoms with Crippen molar-refractivity contribution in [3.8, 4) is 0 Å². The number of hydrogen-bond acceptors (Lipinski definition) is 3. The molecule has 2 aromatic rings. The molecule has 0 aromatic heterocycles. The summed E-state index contributed by atoms with van der Waals surface area (Å²) in [6.45, 7) is 0.914. The van der Waals surface area contributed by atoms with Crippen molar-refractivity contribution >= 4 is 23.1 Å². The van der Waals surface area contributed by atoms with Crippen molar-refractivity contribution in [1.29, 1.82) is 0 Å². The number of halogens is 1. The Balaban J connectivity index is 1.86. The average molecular weight is 275 g/mol. The second-order valence-electron chi connectivity index (χ2n) is 4.28.